The van der Waals surface area contributed by atoms with Gasteiger partial charge in [0.1, 0.15) is 0 Å². The monoisotopic (exact) mass is 258 g/mol. The van der Waals surface area contributed by atoms with Gasteiger partial charge in [0.2, 0.25) is 0 Å². The minimum Gasteiger partial charge on any atom is -0.310 e. The highest BCUT2D eigenvalue weighted by atomic mass is 32.2. The molecule has 1 saturated heterocycles. The molecule has 0 unspecified atom stereocenters. The second kappa shape index (κ2) is 4.93. The van der Waals surface area contributed by atoms with Crippen molar-refractivity contribution in [3.63, 3.8) is 0 Å². The van der Waals surface area contributed by atoms with Crippen LogP contribution in [0.4, 0.5) is 0 Å². The smallest absolute Gasteiger partial charge is 0.310 e. The lowest BCUT2D eigenvalue weighted by atomic mass is 9.88. The molecule has 0 aromatic rings. The molecule has 90 valence electrons. The first kappa shape index (κ1) is 13.1. The predicted octanol–water partition coefficient (Wildman–Crippen LogP) is 0.795. The molecule has 15 heavy (non-hydrogen) atoms. The van der Waals surface area contributed by atoms with E-state index in [0.717, 1.165) is 6.26 Å². The van der Waals surface area contributed by atoms with Gasteiger partial charge in [-0.2, -0.15) is 8.42 Å². The van der Waals surface area contributed by atoms with Gasteiger partial charge in [0, 0.05) is 5.41 Å². The van der Waals surface area contributed by atoms with Crippen LogP contribution in [-0.2, 0) is 27.9 Å². The van der Waals surface area contributed by atoms with Crippen LogP contribution in [-0.4, -0.2) is 34.5 Å². The van der Waals surface area contributed by atoms with Gasteiger partial charge in [-0.15, -0.1) is 0 Å². The Balaban J connectivity index is 2.58. The van der Waals surface area contributed by atoms with Gasteiger partial charge in [0.15, 0.2) is 0 Å². The van der Waals surface area contributed by atoms with Crippen LogP contribution in [0.2, 0.25) is 0 Å². The average Bonchev–Trinajstić information content (AvgIpc) is 2.17. The molecule has 0 saturated carbocycles. The van der Waals surface area contributed by atoms with E-state index < -0.39 is 23.8 Å². The fraction of sp³-hybridized carbons (Fsp3) is 1.00. The summed E-state index contributed by atoms with van der Waals surface area (Å²) in [7, 11) is -5.85. The van der Waals surface area contributed by atoms with E-state index in [0.29, 0.717) is 6.42 Å². The van der Waals surface area contributed by atoms with Crippen LogP contribution in [0.3, 0.4) is 0 Å². The Bertz CT molecular complexity index is 327. The summed E-state index contributed by atoms with van der Waals surface area (Å²) in [6, 6.07) is 0. The second-order valence-corrected chi connectivity index (χ2v) is 6.37. The standard InChI is InChI=1S/C7H15O6PS/c1-3-7(6-13-15(2,9)10)4-11-14(8)12-5-7/h14H,3-6H2,1-2H3. The van der Waals surface area contributed by atoms with Crippen molar-refractivity contribution in [3.8, 4) is 0 Å². The molecule has 0 radical (unpaired) electrons. The molecule has 0 atom stereocenters. The van der Waals surface area contributed by atoms with Crippen LogP contribution < -0.4 is 0 Å². The molecule has 1 aliphatic rings. The Morgan fingerprint density at radius 3 is 2.33 bits per heavy atom. The van der Waals surface area contributed by atoms with E-state index in [1.54, 1.807) is 0 Å². The van der Waals surface area contributed by atoms with Gasteiger partial charge in [0.25, 0.3) is 10.1 Å². The summed E-state index contributed by atoms with van der Waals surface area (Å²) in [6.45, 7) is 2.28. The van der Waals surface area contributed by atoms with Gasteiger partial charge in [-0.3, -0.25) is 8.75 Å². The maximum atomic E-state index is 10.8. The maximum Gasteiger partial charge on any atom is 0.319 e. The first-order valence-electron chi connectivity index (χ1n) is 4.51. The van der Waals surface area contributed by atoms with E-state index in [4.69, 9.17) is 13.2 Å². The molecule has 0 aliphatic carbocycles. The SMILES string of the molecule is CCC1(COS(C)(=O)=O)CO[PH](=O)OC1. The quantitative estimate of drug-likeness (QED) is 0.548. The Kier molecular flexibility index (Phi) is 4.31. The first-order valence-corrected chi connectivity index (χ1v) is 7.55. The first-order chi connectivity index (χ1) is 6.87. The Hall–Kier alpha value is 0.0600. The molecule has 1 fully saturated rings. The normalized spacial score (nSPS) is 32.8. The maximum absolute atomic E-state index is 10.8. The molecular weight excluding hydrogens is 243 g/mol. The van der Waals surface area contributed by atoms with Gasteiger partial charge in [-0.25, -0.2) is 0 Å². The van der Waals surface area contributed by atoms with E-state index in [1.165, 1.54) is 0 Å². The minimum absolute atomic E-state index is 0.00250. The Labute approximate surface area is 90.0 Å². The second-order valence-electron chi connectivity index (χ2n) is 3.65. The molecule has 0 aromatic carbocycles. The van der Waals surface area contributed by atoms with Crippen molar-refractivity contribution in [1.82, 2.24) is 0 Å². The topological polar surface area (TPSA) is 78.9 Å². The molecule has 1 aliphatic heterocycles. The Morgan fingerprint density at radius 1 is 1.40 bits per heavy atom. The highest BCUT2D eigenvalue weighted by molar-refractivity contribution is 7.85. The third kappa shape index (κ3) is 4.20. The molecule has 1 heterocycles. The zero-order valence-electron chi connectivity index (χ0n) is 8.69. The van der Waals surface area contributed by atoms with Gasteiger partial charge in [-0.05, 0) is 6.42 Å². The lowest BCUT2D eigenvalue weighted by molar-refractivity contribution is -0.00590. The Morgan fingerprint density at radius 2 is 1.93 bits per heavy atom. The summed E-state index contributed by atoms with van der Waals surface area (Å²) < 4.78 is 47.0. The zero-order valence-corrected chi connectivity index (χ0v) is 10.5. The van der Waals surface area contributed by atoms with E-state index in [-0.39, 0.29) is 19.8 Å². The van der Waals surface area contributed by atoms with Gasteiger partial charge < -0.3 is 9.05 Å². The lowest BCUT2D eigenvalue weighted by Gasteiger charge is -2.34. The predicted molar refractivity (Wildman–Crippen MR) is 54.4 cm³/mol. The molecule has 0 spiro atoms. The largest absolute Gasteiger partial charge is 0.319 e. The summed E-state index contributed by atoms with van der Waals surface area (Å²) in [4.78, 5) is 0. The van der Waals surface area contributed by atoms with Crippen molar-refractivity contribution in [3.05, 3.63) is 0 Å². The summed E-state index contributed by atoms with van der Waals surface area (Å²) in [5.41, 5.74) is -0.512. The van der Waals surface area contributed by atoms with Crippen molar-refractivity contribution in [1.29, 1.82) is 0 Å². The third-order valence-corrected chi connectivity index (χ3v) is 3.63. The minimum atomic E-state index is -3.47. The van der Waals surface area contributed by atoms with Crippen LogP contribution in [0.1, 0.15) is 13.3 Å². The molecule has 8 heteroatoms. The summed E-state index contributed by atoms with van der Waals surface area (Å²) in [5.74, 6) is 0. The van der Waals surface area contributed by atoms with E-state index >= 15 is 0 Å². The number of hydrogen-bond acceptors (Lipinski definition) is 6. The molecule has 0 amide bonds. The molecular formula is C7H15O6PS. The van der Waals surface area contributed by atoms with Gasteiger partial charge >= 0.3 is 8.25 Å². The number of rotatable bonds is 4. The van der Waals surface area contributed by atoms with Crippen LogP contribution >= 0.6 is 8.25 Å². The van der Waals surface area contributed by atoms with Crippen LogP contribution in [0.15, 0.2) is 0 Å². The van der Waals surface area contributed by atoms with Crippen molar-refractivity contribution in [2.75, 3.05) is 26.1 Å². The van der Waals surface area contributed by atoms with Crippen LogP contribution in [0.5, 0.6) is 0 Å². The highest BCUT2D eigenvalue weighted by Gasteiger charge is 2.35. The van der Waals surface area contributed by atoms with Crippen molar-refractivity contribution < 1.29 is 26.2 Å². The number of hydrogen-bond donors (Lipinski definition) is 0. The molecule has 0 N–H and O–H groups in total. The summed E-state index contributed by atoms with van der Waals surface area (Å²) in [6.07, 6.45) is 1.63. The van der Waals surface area contributed by atoms with Crippen molar-refractivity contribution >= 4 is 18.4 Å². The fourth-order valence-electron chi connectivity index (χ4n) is 1.13. The fourth-order valence-corrected chi connectivity index (χ4v) is 2.52. The van der Waals surface area contributed by atoms with Crippen molar-refractivity contribution in [2.45, 2.75) is 13.3 Å². The molecule has 0 bridgehead atoms. The average molecular weight is 258 g/mol. The van der Waals surface area contributed by atoms with Gasteiger partial charge in [-0.1, -0.05) is 6.92 Å². The van der Waals surface area contributed by atoms with Crippen LogP contribution in [0, 0.1) is 5.41 Å². The van der Waals surface area contributed by atoms with E-state index in [2.05, 4.69) is 0 Å². The third-order valence-electron chi connectivity index (χ3n) is 2.32. The zero-order chi connectivity index (χ0) is 11.5. The van der Waals surface area contributed by atoms with Crippen molar-refractivity contribution in [2.24, 2.45) is 5.41 Å². The highest BCUT2D eigenvalue weighted by Crippen LogP contribution is 2.39. The molecule has 6 nitrogen and oxygen atoms in total. The summed E-state index contributed by atoms with van der Waals surface area (Å²) >= 11 is 0. The van der Waals surface area contributed by atoms with Gasteiger partial charge in [0.05, 0.1) is 26.1 Å². The molecule has 1 rings (SSSR count). The van der Waals surface area contributed by atoms with E-state index in [1.807, 2.05) is 6.92 Å². The summed E-state index contributed by atoms with van der Waals surface area (Å²) in [5, 5.41) is 0. The lowest BCUT2D eigenvalue weighted by Crippen LogP contribution is -2.38. The van der Waals surface area contributed by atoms with E-state index in [9.17, 15) is 13.0 Å². The van der Waals surface area contributed by atoms with Crippen LogP contribution in [0.25, 0.3) is 0 Å². The molecule has 0 aromatic heterocycles.